The number of carbonyl (C=O) groups is 1. The van der Waals surface area contributed by atoms with Crippen LogP contribution in [0.5, 0.6) is 0 Å². The van der Waals surface area contributed by atoms with Crippen LogP contribution >= 0.6 is 27.5 Å². The molecule has 19 heavy (non-hydrogen) atoms. The lowest BCUT2D eigenvalue weighted by Crippen LogP contribution is -2.18. The van der Waals surface area contributed by atoms with Crippen LogP contribution in [0.4, 0.5) is 5.69 Å². The Labute approximate surface area is 124 Å². The summed E-state index contributed by atoms with van der Waals surface area (Å²) in [5, 5.41) is 3.38. The Bertz CT molecular complexity index is 610. The van der Waals surface area contributed by atoms with Gasteiger partial charge >= 0.3 is 0 Å². The molecule has 0 spiro atoms. The largest absolute Gasteiger partial charge is 0.339 e. The van der Waals surface area contributed by atoms with Gasteiger partial charge in [-0.3, -0.25) is 9.78 Å². The standard InChI is InChI=1S/C13H13BrClN3O/c1-8(2)18-7-9(15)5-12(18)13(19)17-11-3-4-16-6-10(11)14/h3-8H,1-2H3,(H,16,17,19). The first-order valence-electron chi connectivity index (χ1n) is 5.77. The van der Waals surface area contributed by atoms with Gasteiger partial charge in [-0.2, -0.15) is 0 Å². The second kappa shape index (κ2) is 5.75. The number of hydrogen-bond acceptors (Lipinski definition) is 2. The van der Waals surface area contributed by atoms with E-state index in [2.05, 4.69) is 26.2 Å². The summed E-state index contributed by atoms with van der Waals surface area (Å²) < 4.78 is 2.57. The third-order valence-corrected chi connectivity index (χ3v) is 3.46. The predicted molar refractivity (Wildman–Crippen MR) is 79.7 cm³/mol. The van der Waals surface area contributed by atoms with Gasteiger partial charge in [0.15, 0.2) is 0 Å². The van der Waals surface area contributed by atoms with Crippen LogP contribution in [0.25, 0.3) is 0 Å². The highest BCUT2D eigenvalue weighted by Crippen LogP contribution is 2.23. The van der Waals surface area contributed by atoms with Crippen LogP contribution in [0.15, 0.2) is 35.2 Å². The SMILES string of the molecule is CC(C)n1cc(Cl)cc1C(=O)Nc1ccncc1Br. The number of aromatic nitrogens is 2. The molecule has 2 aromatic rings. The number of pyridine rings is 1. The second-order valence-corrected chi connectivity index (χ2v) is 5.64. The first-order valence-corrected chi connectivity index (χ1v) is 6.94. The zero-order chi connectivity index (χ0) is 14.0. The van der Waals surface area contributed by atoms with E-state index in [4.69, 9.17) is 11.6 Å². The molecule has 4 nitrogen and oxygen atoms in total. The minimum absolute atomic E-state index is 0.161. The maximum atomic E-state index is 12.3. The number of halogens is 2. The Morgan fingerprint density at radius 2 is 2.26 bits per heavy atom. The van der Waals surface area contributed by atoms with E-state index in [1.165, 1.54) is 0 Å². The molecule has 0 aliphatic carbocycles. The highest BCUT2D eigenvalue weighted by atomic mass is 79.9. The van der Waals surface area contributed by atoms with Gasteiger partial charge in [0, 0.05) is 24.6 Å². The van der Waals surface area contributed by atoms with Gasteiger partial charge < -0.3 is 9.88 Å². The zero-order valence-electron chi connectivity index (χ0n) is 10.5. The topological polar surface area (TPSA) is 46.9 Å². The van der Waals surface area contributed by atoms with Gasteiger partial charge in [0.25, 0.3) is 5.91 Å². The summed E-state index contributed by atoms with van der Waals surface area (Å²) in [6.45, 7) is 3.99. The van der Waals surface area contributed by atoms with E-state index >= 15 is 0 Å². The molecule has 0 unspecified atom stereocenters. The molecule has 2 rings (SSSR count). The van der Waals surface area contributed by atoms with E-state index in [1.54, 1.807) is 30.7 Å². The lowest BCUT2D eigenvalue weighted by atomic mass is 10.3. The molecule has 2 aromatic heterocycles. The Kier molecular flexibility index (Phi) is 4.27. The van der Waals surface area contributed by atoms with Crippen molar-refractivity contribution in [1.29, 1.82) is 0 Å². The molecule has 100 valence electrons. The fraction of sp³-hybridized carbons (Fsp3) is 0.231. The molecule has 0 atom stereocenters. The van der Waals surface area contributed by atoms with Crippen LogP contribution < -0.4 is 5.32 Å². The Morgan fingerprint density at radius 3 is 2.89 bits per heavy atom. The van der Waals surface area contributed by atoms with Gasteiger partial charge in [0.2, 0.25) is 0 Å². The third kappa shape index (κ3) is 3.16. The summed E-state index contributed by atoms with van der Waals surface area (Å²) in [6.07, 6.45) is 5.00. The summed E-state index contributed by atoms with van der Waals surface area (Å²) in [5.41, 5.74) is 1.20. The van der Waals surface area contributed by atoms with Crippen LogP contribution in [0.1, 0.15) is 30.4 Å². The van der Waals surface area contributed by atoms with Gasteiger partial charge in [-0.15, -0.1) is 0 Å². The van der Waals surface area contributed by atoms with Gasteiger partial charge in [-0.05, 0) is 41.9 Å². The van der Waals surface area contributed by atoms with Crippen LogP contribution in [-0.2, 0) is 0 Å². The molecular weight excluding hydrogens is 330 g/mol. The van der Waals surface area contributed by atoms with Crippen LogP contribution in [0.3, 0.4) is 0 Å². The molecular formula is C13H13BrClN3O. The Morgan fingerprint density at radius 1 is 1.53 bits per heavy atom. The summed E-state index contributed by atoms with van der Waals surface area (Å²) >= 11 is 9.31. The van der Waals surface area contributed by atoms with E-state index in [0.29, 0.717) is 16.4 Å². The van der Waals surface area contributed by atoms with E-state index in [9.17, 15) is 4.79 Å². The number of amides is 1. The molecule has 0 saturated carbocycles. The Balaban J connectivity index is 2.28. The van der Waals surface area contributed by atoms with E-state index in [0.717, 1.165) is 4.47 Å². The second-order valence-electron chi connectivity index (χ2n) is 4.35. The zero-order valence-corrected chi connectivity index (χ0v) is 12.9. The molecule has 0 fully saturated rings. The predicted octanol–water partition coefficient (Wildman–Crippen LogP) is 4.13. The van der Waals surface area contributed by atoms with E-state index in [-0.39, 0.29) is 11.9 Å². The third-order valence-electron chi connectivity index (χ3n) is 2.62. The smallest absolute Gasteiger partial charge is 0.272 e. The van der Waals surface area contributed by atoms with Gasteiger partial charge in [0.05, 0.1) is 15.2 Å². The quantitative estimate of drug-likeness (QED) is 0.911. The maximum absolute atomic E-state index is 12.3. The van der Waals surface area contributed by atoms with Crippen LogP contribution in [-0.4, -0.2) is 15.5 Å². The molecule has 2 heterocycles. The molecule has 0 aromatic carbocycles. The van der Waals surface area contributed by atoms with E-state index < -0.39 is 0 Å². The van der Waals surface area contributed by atoms with Crippen molar-refractivity contribution in [3.05, 3.63) is 45.9 Å². The average molecular weight is 343 g/mol. The van der Waals surface area contributed by atoms with Crippen LogP contribution in [0.2, 0.25) is 5.02 Å². The lowest BCUT2D eigenvalue weighted by molar-refractivity contribution is 0.101. The number of nitrogens with zero attached hydrogens (tertiary/aromatic N) is 2. The van der Waals surface area contributed by atoms with Gasteiger partial charge in [-0.25, -0.2) is 0 Å². The summed E-state index contributed by atoms with van der Waals surface area (Å²) in [6, 6.07) is 3.55. The molecule has 0 aliphatic rings. The molecule has 1 N–H and O–H groups in total. The van der Waals surface area contributed by atoms with Gasteiger partial charge in [-0.1, -0.05) is 11.6 Å². The number of rotatable bonds is 3. The molecule has 6 heteroatoms. The van der Waals surface area contributed by atoms with E-state index in [1.807, 2.05) is 18.4 Å². The number of anilines is 1. The number of carbonyl (C=O) groups excluding carboxylic acids is 1. The average Bonchev–Trinajstić information content (AvgIpc) is 2.74. The van der Waals surface area contributed by atoms with Crippen molar-refractivity contribution >= 4 is 39.1 Å². The lowest BCUT2D eigenvalue weighted by Gasteiger charge is -2.13. The first-order chi connectivity index (χ1) is 8.99. The van der Waals surface area contributed by atoms with Crippen molar-refractivity contribution in [1.82, 2.24) is 9.55 Å². The monoisotopic (exact) mass is 341 g/mol. The van der Waals surface area contributed by atoms with Crippen molar-refractivity contribution in [3.63, 3.8) is 0 Å². The first kappa shape index (κ1) is 14.1. The molecule has 0 radical (unpaired) electrons. The normalized spacial score (nSPS) is 10.8. The highest BCUT2D eigenvalue weighted by Gasteiger charge is 2.16. The summed E-state index contributed by atoms with van der Waals surface area (Å²) in [7, 11) is 0. The highest BCUT2D eigenvalue weighted by molar-refractivity contribution is 9.10. The van der Waals surface area contributed by atoms with Crippen molar-refractivity contribution in [3.8, 4) is 0 Å². The summed E-state index contributed by atoms with van der Waals surface area (Å²) in [5.74, 6) is -0.201. The van der Waals surface area contributed by atoms with Crippen LogP contribution in [0, 0.1) is 0 Å². The summed E-state index contributed by atoms with van der Waals surface area (Å²) in [4.78, 5) is 16.2. The van der Waals surface area contributed by atoms with Crippen molar-refractivity contribution in [2.45, 2.75) is 19.9 Å². The number of nitrogens with one attached hydrogen (secondary N) is 1. The fourth-order valence-corrected chi connectivity index (χ4v) is 2.28. The van der Waals surface area contributed by atoms with Crippen molar-refractivity contribution in [2.24, 2.45) is 0 Å². The fourth-order valence-electron chi connectivity index (χ4n) is 1.72. The van der Waals surface area contributed by atoms with Crippen molar-refractivity contribution < 1.29 is 4.79 Å². The minimum atomic E-state index is -0.201. The van der Waals surface area contributed by atoms with Crippen molar-refractivity contribution in [2.75, 3.05) is 5.32 Å². The minimum Gasteiger partial charge on any atom is -0.339 e. The van der Waals surface area contributed by atoms with Gasteiger partial charge in [0.1, 0.15) is 5.69 Å². The Hall–Kier alpha value is -1.33. The number of hydrogen-bond donors (Lipinski definition) is 1. The molecule has 1 amide bonds. The maximum Gasteiger partial charge on any atom is 0.272 e. The molecule has 0 aliphatic heterocycles. The molecule has 0 saturated heterocycles. The molecule has 0 bridgehead atoms.